The van der Waals surface area contributed by atoms with Crippen LogP contribution in [0.5, 0.6) is 0 Å². The van der Waals surface area contributed by atoms with Crippen molar-refractivity contribution in [3.05, 3.63) is 35.9 Å². The summed E-state index contributed by atoms with van der Waals surface area (Å²) in [5.74, 6) is -1.38. The number of carbonyl (C=O) groups is 2. The van der Waals surface area contributed by atoms with Crippen LogP contribution in [0.4, 0.5) is 0 Å². The summed E-state index contributed by atoms with van der Waals surface area (Å²) in [4.78, 5) is 23.7. The van der Waals surface area contributed by atoms with Gasteiger partial charge < -0.3 is 10.1 Å². The summed E-state index contributed by atoms with van der Waals surface area (Å²) in [7, 11) is -6.66. The molecule has 1 aromatic carbocycles. The SMILES string of the molecule is CCN(CC)S(=O)(=O)c1ccc(C=CC(=O)OCC(=O)NC2CCS(=O)(=O)C2)cc1. The van der Waals surface area contributed by atoms with Gasteiger partial charge in [0.05, 0.1) is 16.4 Å². The highest BCUT2D eigenvalue weighted by Gasteiger charge is 2.29. The summed E-state index contributed by atoms with van der Waals surface area (Å²) in [6.07, 6.45) is 2.92. The van der Waals surface area contributed by atoms with Crippen molar-refractivity contribution in [2.45, 2.75) is 31.2 Å². The zero-order valence-electron chi connectivity index (χ0n) is 16.9. The van der Waals surface area contributed by atoms with Gasteiger partial charge in [-0.15, -0.1) is 0 Å². The first-order valence-electron chi connectivity index (χ1n) is 9.52. The first-order chi connectivity index (χ1) is 14.1. The maximum Gasteiger partial charge on any atom is 0.331 e. The number of hydrogen-bond donors (Lipinski definition) is 1. The number of sulfonamides is 1. The average Bonchev–Trinajstić information content (AvgIpc) is 3.04. The Balaban J connectivity index is 1.85. The molecule has 0 aliphatic carbocycles. The van der Waals surface area contributed by atoms with Crippen molar-refractivity contribution >= 4 is 37.8 Å². The largest absolute Gasteiger partial charge is 0.452 e. The van der Waals surface area contributed by atoms with Gasteiger partial charge >= 0.3 is 5.97 Å². The smallest absolute Gasteiger partial charge is 0.331 e. The molecule has 1 heterocycles. The molecule has 2 rings (SSSR count). The Labute approximate surface area is 177 Å². The first-order valence-corrected chi connectivity index (χ1v) is 12.8. The average molecular weight is 459 g/mol. The topological polar surface area (TPSA) is 127 Å². The maximum atomic E-state index is 12.4. The quantitative estimate of drug-likeness (QED) is 0.423. The second-order valence-electron chi connectivity index (χ2n) is 6.77. The fourth-order valence-electron chi connectivity index (χ4n) is 2.99. The molecule has 166 valence electrons. The second kappa shape index (κ2) is 10.2. The molecule has 1 aliphatic heterocycles. The van der Waals surface area contributed by atoms with Crippen LogP contribution >= 0.6 is 0 Å². The van der Waals surface area contributed by atoms with Crippen molar-refractivity contribution in [2.24, 2.45) is 0 Å². The van der Waals surface area contributed by atoms with E-state index in [0.29, 0.717) is 25.1 Å². The van der Waals surface area contributed by atoms with Crippen molar-refractivity contribution in [2.75, 3.05) is 31.2 Å². The molecule has 1 atom stereocenters. The van der Waals surface area contributed by atoms with Gasteiger partial charge in [0.25, 0.3) is 5.91 Å². The minimum atomic E-state index is -3.55. The van der Waals surface area contributed by atoms with E-state index in [-0.39, 0.29) is 16.4 Å². The summed E-state index contributed by atoms with van der Waals surface area (Å²) < 4.78 is 53.8. The van der Waals surface area contributed by atoms with Crippen molar-refractivity contribution < 1.29 is 31.2 Å². The normalized spacial score (nSPS) is 18.6. The Morgan fingerprint density at radius 2 is 1.83 bits per heavy atom. The van der Waals surface area contributed by atoms with Gasteiger partial charge in [0, 0.05) is 25.2 Å². The predicted octanol–water partition coefficient (Wildman–Crippen LogP) is 0.577. The Morgan fingerprint density at radius 1 is 1.20 bits per heavy atom. The molecule has 0 saturated carbocycles. The third kappa shape index (κ3) is 6.64. The van der Waals surface area contributed by atoms with E-state index in [2.05, 4.69) is 5.32 Å². The van der Waals surface area contributed by atoms with Gasteiger partial charge in [-0.05, 0) is 30.2 Å². The van der Waals surface area contributed by atoms with E-state index in [0.717, 1.165) is 6.08 Å². The van der Waals surface area contributed by atoms with Crippen molar-refractivity contribution in [3.8, 4) is 0 Å². The van der Waals surface area contributed by atoms with Crippen LogP contribution in [0.2, 0.25) is 0 Å². The zero-order valence-corrected chi connectivity index (χ0v) is 18.5. The van der Waals surface area contributed by atoms with E-state index in [4.69, 9.17) is 4.74 Å². The first kappa shape index (κ1) is 24.0. The third-order valence-electron chi connectivity index (χ3n) is 4.58. The predicted molar refractivity (Wildman–Crippen MR) is 112 cm³/mol. The molecule has 1 unspecified atom stereocenters. The van der Waals surface area contributed by atoms with Crippen molar-refractivity contribution in [3.63, 3.8) is 0 Å². The number of nitrogens with one attached hydrogen (secondary N) is 1. The minimum Gasteiger partial charge on any atom is -0.452 e. The Bertz CT molecular complexity index is 996. The van der Waals surface area contributed by atoms with Crippen LogP contribution < -0.4 is 5.32 Å². The lowest BCUT2D eigenvalue weighted by molar-refractivity contribution is -0.143. The maximum absolute atomic E-state index is 12.4. The third-order valence-corrected chi connectivity index (χ3v) is 8.41. The van der Waals surface area contributed by atoms with Gasteiger partial charge in [-0.3, -0.25) is 4.79 Å². The summed E-state index contributed by atoms with van der Waals surface area (Å²) >= 11 is 0. The number of nitrogens with zero attached hydrogens (tertiary/aromatic N) is 1. The van der Waals surface area contributed by atoms with Crippen LogP contribution in [0.1, 0.15) is 25.8 Å². The molecule has 0 radical (unpaired) electrons. The summed E-state index contributed by atoms with van der Waals surface area (Å²) in [5, 5.41) is 2.52. The van der Waals surface area contributed by atoms with Crippen LogP contribution in [-0.2, 0) is 34.2 Å². The van der Waals surface area contributed by atoms with E-state index in [1.807, 2.05) is 0 Å². The minimum absolute atomic E-state index is 0.0372. The molecule has 9 nitrogen and oxygen atoms in total. The summed E-state index contributed by atoms with van der Waals surface area (Å²) in [5.41, 5.74) is 0.589. The molecule has 1 aromatic rings. The van der Waals surface area contributed by atoms with Crippen LogP contribution in [-0.4, -0.2) is 70.3 Å². The Kier molecular flexibility index (Phi) is 8.16. The standard InChI is InChI=1S/C19H26N2O7S2/c1-3-21(4-2)30(26,27)17-8-5-15(6-9-17)7-10-19(23)28-13-18(22)20-16-11-12-29(24,25)14-16/h5-10,16H,3-4,11-14H2,1-2H3,(H,20,22). The lowest BCUT2D eigenvalue weighted by Crippen LogP contribution is -2.38. The van der Waals surface area contributed by atoms with Gasteiger partial charge in [-0.1, -0.05) is 26.0 Å². The highest BCUT2D eigenvalue weighted by Crippen LogP contribution is 2.17. The van der Waals surface area contributed by atoms with Crippen LogP contribution in [0.25, 0.3) is 6.08 Å². The van der Waals surface area contributed by atoms with Gasteiger partial charge in [-0.2, -0.15) is 4.31 Å². The number of amides is 1. The van der Waals surface area contributed by atoms with E-state index >= 15 is 0 Å². The number of ether oxygens (including phenoxy) is 1. The van der Waals surface area contributed by atoms with E-state index < -0.39 is 44.4 Å². The molecule has 11 heteroatoms. The fourth-order valence-corrected chi connectivity index (χ4v) is 6.12. The second-order valence-corrected chi connectivity index (χ2v) is 10.9. The molecule has 1 N–H and O–H groups in total. The Hall–Kier alpha value is -2.24. The van der Waals surface area contributed by atoms with Crippen molar-refractivity contribution in [1.82, 2.24) is 9.62 Å². The van der Waals surface area contributed by atoms with E-state index in [1.54, 1.807) is 26.0 Å². The molecule has 30 heavy (non-hydrogen) atoms. The van der Waals surface area contributed by atoms with Crippen LogP contribution in [0.15, 0.2) is 35.2 Å². The van der Waals surface area contributed by atoms with Crippen molar-refractivity contribution in [1.29, 1.82) is 0 Å². The van der Waals surface area contributed by atoms with E-state index in [1.165, 1.54) is 22.5 Å². The Morgan fingerprint density at radius 3 is 2.37 bits per heavy atom. The number of rotatable bonds is 9. The lowest BCUT2D eigenvalue weighted by Gasteiger charge is -2.18. The number of sulfone groups is 1. The number of carbonyl (C=O) groups excluding carboxylic acids is 2. The highest BCUT2D eigenvalue weighted by molar-refractivity contribution is 7.91. The van der Waals surface area contributed by atoms with Gasteiger partial charge in [0.1, 0.15) is 0 Å². The molecule has 1 aliphatic rings. The van der Waals surface area contributed by atoms with Crippen LogP contribution in [0, 0.1) is 0 Å². The number of hydrogen-bond acceptors (Lipinski definition) is 7. The van der Waals surface area contributed by atoms with E-state index in [9.17, 15) is 26.4 Å². The van der Waals surface area contributed by atoms with Gasteiger partial charge in [0.2, 0.25) is 10.0 Å². The molecule has 1 amide bonds. The molecule has 0 aromatic heterocycles. The summed E-state index contributed by atoms with van der Waals surface area (Å²) in [6.45, 7) is 3.76. The molecular formula is C19H26N2O7S2. The molecule has 1 saturated heterocycles. The molecular weight excluding hydrogens is 432 g/mol. The van der Waals surface area contributed by atoms with Crippen LogP contribution in [0.3, 0.4) is 0 Å². The summed E-state index contributed by atoms with van der Waals surface area (Å²) in [6, 6.07) is 5.59. The number of esters is 1. The van der Waals surface area contributed by atoms with Gasteiger partial charge in [-0.25, -0.2) is 21.6 Å². The number of benzene rings is 1. The monoisotopic (exact) mass is 458 g/mol. The lowest BCUT2D eigenvalue weighted by atomic mass is 10.2. The molecule has 0 spiro atoms. The van der Waals surface area contributed by atoms with Gasteiger partial charge in [0.15, 0.2) is 16.4 Å². The molecule has 1 fully saturated rings. The fraction of sp³-hybridized carbons (Fsp3) is 0.474. The highest BCUT2D eigenvalue weighted by atomic mass is 32.2. The molecule has 0 bridgehead atoms. The zero-order chi connectivity index (χ0) is 22.4.